The Bertz CT molecular complexity index is 2140. The van der Waals surface area contributed by atoms with E-state index in [4.69, 9.17) is 4.74 Å². The first kappa shape index (κ1) is 33.6. The minimum atomic E-state index is -0.544. The molecule has 0 saturated carbocycles. The number of nitrogens with one attached hydrogen (secondary N) is 3. The zero-order chi connectivity index (χ0) is 35.0. The molecule has 3 amide bonds. The highest BCUT2D eigenvalue weighted by molar-refractivity contribution is 8.00. The van der Waals surface area contributed by atoms with Crippen molar-refractivity contribution in [1.29, 1.82) is 0 Å². The molecule has 248 valence electrons. The summed E-state index contributed by atoms with van der Waals surface area (Å²) in [5.41, 5.74) is 2.89. The van der Waals surface area contributed by atoms with Gasteiger partial charge in [0, 0.05) is 32.8 Å². The smallest absolute Gasteiger partial charge is 0.272 e. The lowest BCUT2D eigenvalue weighted by Crippen LogP contribution is -2.30. The Hall–Kier alpha value is -6.26. The summed E-state index contributed by atoms with van der Waals surface area (Å²) in [6.07, 6.45) is 1.58. The van der Waals surface area contributed by atoms with E-state index in [1.165, 1.54) is 11.8 Å². The fourth-order valence-electron chi connectivity index (χ4n) is 5.38. The van der Waals surface area contributed by atoms with Gasteiger partial charge in [0.05, 0.1) is 23.6 Å². The van der Waals surface area contributed by atoms with Crippen LogP contribution >= 0.6 is 11.8 Å². The van der Waals surface area contributed by atoms with E-state index in [2.05, 4.69) is 16.0 Å². The lowest BCUT2D eigenvalue weighted by Gasteiger charge is -2.20. The van der Waals surface area contributed by atoms with Crippen molar-refractivity contribution >= 4 is 58.5 Å². The molecule has 0 atom stereocenters. The highest BCUT2D eigenvalue weighted by Crippen LogP contribution is 2.32. The van der Waals surface area contributed by atoms with E-state index in [0.717, 1.165) is 0 Å². The van der Waals surface area contributed by atoms with Gasteiger partial charge in [0.25, 0.3) is 11.8 Å². The SMILES string of the molecule is CCOc1ccc(/C=C(/NC(=O)c2ccccc2)C(=O)Nc2cccc(SCC(=O)Nc3cccc4c3C(=O)c3ccccc3C4=O)c2)cc1. The van der Waals surface area contributed by atoms with E-state index >= 15 is 0 Å². The summed E-state index contributed by atoms with van der Waals surface area (Å²) in [5.74, 6) is -1.27. The van der Waals surface area contributed by atoms with Crippen LogP contribution in [0.2, 0.25) is 0 Å². The van der Waals surface area contributed by atoms with Gasteiger partial charge < -0.3 is 20.7 Å². The third kappa shape index (κ3) is 7.72. The molecule has 0 heterocycles. The largest absolute Gasteiger partial charge is 0.494 e. The number of hydrogen-bond donors (Lipinski definition) is 3. The molecule has 6 rings (SSSR count). The van der Waals surface area contributed by atoms with Crippen molar-refractivity contribution < 1.29 is 28.7 Å². The molecule has 5 aromatic rings. The summed E-state index contributed by atoms with van der Waals surface area (Å²) in [7, 11) is 0. The van der Waals surface area contributed by atoms with Crippen molar-refractivity contribution in [2.75, 3.05) is 23.0 Å². The third-order valence-corrected chi connectivity index (χ3v) is 8.71. The van der Waals surface area contributed by atoms with Gasteiger partial charge in [0.15, 0.2) is 11.6 Å². The van der Waals surface area contributed by atoms with Gasteiger partial charge in [-0.3, -0.25) is 24.0 Å². The normalized spacial score (nSPS) is 12.0. The number of fused-ring (bicyclic) bond motifs is 2. The minimum absolute atomic E-state index is 0.00415. The van der Waals surface area contributed by atoms with Gasteiger partial charge >= 0.3 is 0 Å². The average Bonchev–Trinajstić information content (AvgIpc) is 3.14. The maximum atomic E-state index is 13.5. The van der Waals surface area contributed by atoms with Gasteiger partial charge in [0.1, 0.15) is 11.4 Å². The second-order valence-electron chi connectivity index (χ2n) is 11.1. The Kier molecular flexibility index (Phi) is 10.3. The summed E-state index contributed by atoms with van der Waals surface area (Å²) in [5, 5.41) is 8.36. The van der Waals surface area contributed by atoms with Crippen molar-refractivity contribution in [1.82, 2.24) is 5.32 Å². The number of hydrogen-bond acceptors (Lipinski definition) is 7. The topological polar surface area (TPSA) is 131 Å². The second kappa shape index (κ2) is 15.3. The van der Waals surface area contributed by atoms with Crippen molar-refractivity contribution in [2.45, 2.75) is 11.8 Å². The zero-order valence-corrected chi connectivity index (χ0v) is 27.7. The molecule has 0 radical (unpaired) electrons. The van der Waals surface area contributed by atoms with Crippen LogP contribution in [0.4, 0.5) is 11.4 Å². The maximum Gasteiger partial charge on any atom is 0.272 e. The van der Waals surface area contributed by atoms with Crippen LogP contribution in [0.15, 0.2) is 132 Å². The molecular weight excluding hydrogens is 651 g/mol. The molecule has 0 aromatic heterocycles. The van der Waals surface area contributed by atoms with E-state index in [0.29, 0.717) is 45.2 Å². The molecule has 50 heavy (non-hydrogen) atoms. The summed E-state index contributed by atoms with van der Waals surface area (Å²) in [6, 6.07) is 34.1. The predicted octanol–water partition coefficient (Wildman–Crippen LogP) is 7.00. The maximum absolute atomic E-state index is 13.5. The van der Waals surface area contributed by atoms with Crippen LogP contribution in [0.1, 0.15) is 54.7 Å². The highest BCUT2D eigenvalue weighted by Gasteiger charge is 2.31. The van der Waals surface area contributed by atoms with Gasteiger partial charge in [-0.15, -0.1) is 11.8 Å². The molecule has 9 nitrogen and oxygen atoms in total. The molecule has 0 saturated heterocycles. The molecular formula is C40H31N3O6S. The standard InChI is InChI=1S/C40H31N3O6S/c1-2-49-28-20-18-25(19-21-28)22-34(43-39(47)26-10-4-3-5-11-26)40(48)41-27-12-8-13-29(23-27)50-24-35(44)42-33-17-9-16-32-36(33)38(46)31-15-7-6-14-30(31)37(32)45/h3-23H,2,24H2,1H3,(H,41,48)(H,42,44)(H,43,47)/b34-22+. The fraction of sp³-hybridized carbons (Fsp3) is 0.0750. The van der Waals surface area contributed by atoms with E-state index in [-0.39, 0.29) is 45.7 Å². The van der Waals surface area contributed by atoms with Crippen LogP contribution in [0.3, 0.4) is 0 Å². The van der Waals surface area contributed by atoms with Gasteiger partial charge in [0.2, 0.25) is 5.91 Å². The molecule has 5 aromatic carbocycles. The number of thioether (sulfide) groups is 1. The van der Waals surface area contributed by atoms with Crippen LogP contribution < -0.4 is 20.7 Å². The minimum Gasteiger partial charge on any atom is -0.494 e. The molecule has 1 aliphatic carbocycles. The van der Waals surface area contributed by atoms with E-state index in [1.807, 2.05) is 6.92 Å². The van der Waals surface area contributed by atoms with E-state index in [9.17, 15) is 24.0 Å². The Labute approximate surface area is 292 Å². The molecule has 0 spiro atoms. The first-order valence-electron chi connectivity index (χ1n) is 15.8. The first-order valence-corrected chi connectivity index (χ1v) is 16.8. The fourth-order valence-corrected chi connectivity index (χ4v) is 6.14. The summed E-state index contributed by atoms with van der Waals surface area (Å²) < 4.78 is 5.51. The lowest BCUT2D eigenvalue weighted by atomic mass is 9.83. The highest BCUT2D eigenvalue weighted by atomic mass is 32.2. The van der Waals surface area contributed by atoms with Crippen LogP contribution in [-0.4, -0.2) is 41.6 Å². The van der Waals surface area contributed by atoms with Crippen LogP contribution in [0.25, 0.3) is 6.08 Å². The molecule has 1 aliphatic rings. The number of carbonyl (C=O) groups is 5. The number of ketones is 2. The van der Waals surface area contributed by atoms with Crippen molar-refractivity contribution in [2.24, 2.45) is 0 Å². The molecule has 0 aliphatic heterocycles. The monoisotopic (exact) mass is 681 g/mol. The van der Waals surface area contributed by atoms with Crippen LogP contribution in [0.5, 0.6) is 5.75 Å². The van der Waals surface area contributed by atoms with Crippen molar-refractivity contribution in [3.8, 4) is 5.75 Å². The molecule has 10 heteroatoms. The summed E-state index contributed by atoms with van der Waals surface area (Å²) >= 11 is 1.23. The van der Waals surface area contributed by atoms with Crippen molar-refractivity contribution in [3.05, 3.63) is 160 Å². The summed E-state index contributed by atoms with van der Waals surface area (Å²) in [4.78, 5) is 66.7. The van der Waals surface area contributed by atoms with Crippen LogP contribution in [-0.2, 0) is 9.59 Å². The Morgan fingerprint density at radius 3 is 2.14 bits per heavy atom. The van der Waals surface area contributed by atoms with Crippen LogP contribution in [0, 0.1) is 0 Å². The number of amides is 3. The van der Waals surface area contributed by atoms with Gasteiger partial charge in [-0.2, -0.15) is 0 Å². The quantitative estimate of drug-likeness (QED) is 0.0992. The number of rotatable bonds is 11. The number of anilines is 2. The Morgan fingerprint density at radius 2 is 1.40 bits per heavy atom. The first-order chi connectivity index (χ1) is 24.3. The lowest BCUT2D eigenvalue weighted by molar-refractivity contribution is -0.114. The third-order valence-electron chi connectivity index (χ3n) is 7.72. The molecule has 0 fully saturated rings. The average molecular weight is 682 g/mol. The number of benzene rings is 5. The second-order valence-corrected chi connectivity index (χ2v) is 12.2. The molecule has 0 unspecified atom stereocenters. The predicted molar refractivity (Wildman–Crippen MR) is 194 cm³/mol. The Balaban J connectivity index is 1.14. The number of carbonyl (C=O) groups excluding carboxylic acids is 5. The zero-order valence-electron chi connectivity index (χ0n) is 26.9. The van der Waals surface area contributed by atoms with Gasteiger partial charge in [-0.1, -0.05) is 72.8 Å². The Morgan fingerprint density at radius 1 is 0.720 bits per heavy atom. The van der Waals surface area contributed by atoms with Gasteiger partial charge in [-0.05, 0) is 67.1 Å². The molecule has 0 bridgehead atoms. The van der Waals surface area contributed by atoms with E-state index in [1.54, 1.807) is 127 Å². The van der Waals surface area contributed by atoms with Crippen molar-refractivity contribution in [3.63, 3.8) is 0 Å². The molecule has 3 N–H and O–H groups in total. The van der Waals surface area contributed by atoms with E-state index < -0.39 is 11.8 Å². The van der Waals surface area contributed by atoms with Gasteiger partial charge in [-0.25, -0.2) is 0 Å². The summed E-state index contributed by atoms with van der Waals surface area (Å²) in [6.45, 7) is 2.41. The number of ether oxygens (including phenoxy) is 1.